The molecule has 2 aliphatic carbocycles. The van der Waals surface area contributed by atoms with Crippen LogP contribution < -0.4 is 0 Å². The fourth-order valence-corrected chi connectivity index (χ4v) is 4.96. The quantitative estimate of drug-likeness (QED) is 0.686. The fraction of sp³-hybridized carbons (Fsp3) is 1.00. The van der Waals surface area contributed by atoms with E-state index in [1.165, 1.54) is 12.8 Å². The van der Waals surface area contributed by atoms with Gasteiger partial charge in [-0.05, 0) is 44.9 Å². The van der Waals surface area contributed by atoms with Gasteiger partial charge in [0.25, 0.3) is 0 Å². The Kier molecular flexibility index (Phi) is 2.17. The van der Waals surface area contributed by atoms with E-state index < -0.39 is 9.84 Å². The zero-order valence-electron chi connectivity index (χ0n) is 8.36. The van der Waals surface area contributed by atoms with Crippen LogP contribution in [0.2, 0.25) is 0 Å². The molecular weight excluding hydrogens is 184 g/mol. The lowest BCUT2D eigenvalue weighted by Gasteiger charge is -2.23. The summed E-state index contributed by atoms with van der Waals surface area (Å²) in [4.78, 5) is 0. The molecule has 2 rings (SSSR count). The van der Waals surface area contributed by atoms with Gasteiger partial charge in [0.1, 0.15) is 0 Å². The molecule has 0 N–H and O–H groups in total. The molecule has 76 valence electrons. The number of sulfone groups is 1. The maximum atomic E-state index is 11.9. The molecule has 2 saturated carbocycles. The molecule has 13 heavy (non-hydrogen) atoms. The Labute approximate surface area is 80.6 Å². The lowest BCUT2D eigenvalue weighted by Crippen LogP contribution is -2.32. The average Bonchev–Trinajstić information content (AvgIpc) is 2.63. The van der Waals surface area contributed by atoms with Crippen LogP contribution in [0.15, 0.2) is 0 Å². The smallest absolute Gasteiger partial charge is 0.155 e. The van der Waals surface area contributed by atoms with Crippen LogP contribution in [-0.4, -0.2) is 18.9 Å². The third-order valence-electron chi connectivity index (χ3n) is 3.75. The predicted octanol–water partition coefficient (Wildman–Crippen LogP) is 2.00. The fourth-order valence-electron chi connectivity index (χ4n) is 2.94. The van der Waals surface area contributed by atoms with Gasteiger partial charge in [0.2, 0.25) is 0 Å². The zero-order valence-corrected chi connectivity index (χ0v) is 9.18. The summed E-state index contributed by atoms with van der Waals surface area (Å²) in [5, 5.41) is -0.178. The van der Waals surface area contributed by atoms with E-state index in [2.05, 4.69) is 0 Å². The van der Waals surface area contributed by atoms with E-state index in [9.17, 15) is 8.42 Å². The van der Waals surface area contributed by atoms with Crippen LogP contribution in [0.5, 0.6) is 0 Å². The van der Waals surface area contributed by atoms with E-state index >= 15 is 0 Å². The second-order valence-corrected chi connectivity index (χ2v) is 7.58. The molecule has 0 spiro atoms. The Balaban J connectivity index is 2.19. The highest BCUT2D eigenvalue weighted by Gasteiger charge is 2.46. The topological polar surface area (TPSA) is 34.1 Å². The molecule has 2 fully saturated rings. The SMILES string of the molecule is CC(C)S(=O)(=O)[C@H]1C[C@H]2CC[C@@H]1C2. The minimum atomic E-state index is -2.81. The van der Waals surface area contributed by atoms with Crippen molar-refractivity contribution in [1.29, 1.82) is 0 Å². The van der Waals surface area contributed by atoms with Gasteiger partial charge in [-0.15, -0.1) is 0 Å². The van der Waals surface area contributed by atoms with Gasteiger partial charge in [-0.2, -0.15) is 0 Å². The van der Waals surface area contributed by atoms with E-state index in [0.717, 1.165) is 18.8 Å². The molecule has 0 aliphatic heterocycles. The van der Waals surface area contributed by atoms with Crippen molar-refractivity contribution in [2.45, 2.75) is 50.0 Å². The molecule has 0 aromatic rings. The first-order valence-corrected chi connectivity index (χ1v) is 6.85. The summed E-state index contributed by atoms with van der Waals surface area (Å²) in [6, 6.07) is 0. The normalized spacial score (nSPS) is 38.8. The van der Waals surface area contributed by atoms with Gasteiger partial charge in [0.15, 0.2) is 9.84 Å². The van der Waals surface area contributed by atoms with Crippen LogP contribution in [0.3, 0.4) is 0 Å². The van der Waals surface area contributed by atoms with E-state index in [4.69, 9.17) is 0 Å². The van der Waals surface area contributed by atoms with Gasteiger partial charge in [0, 0.05) is 0 Å². The summed E-state index contributed by atoms with van der Waals surface area (Å²) in [7, 11) is -2.81. The van der Waals surface area contributed by atoms with Crippen LogP contribution in [0, 0.1) is 11.8 Å². The van der Waals surface area contributed by atoms with E-state index in [0.29, 0.717) is 5.92 Å². The molecule has 2 nitrogen and oxygen atoms in total. The highest BCUT2D eigenvalue weighted by Crippen LogP contribution is 2.48. The number of rotatable bonds is 2. The van der Waals surface area contributed by atoms with Crippen LogP contribution in [0.4, 0.5) is 0 Å². The van der Waals surface area contributed by atoms with Gasteiger partial charge in [0.05, 0.1) is 10.5 Å². The highest BCUT2D eigenvalue weighted by atomic mass is 32.2. The Morgan fingerprint density at radius 3 is 2.23 bits per heavy atom. The Bertz CT molecular complexity index is 292. The molecule has 0 unspecified atom stereocenters. The van der Waals surface area contributed by atoms with Crippen LogP contribution in [0.1, 0.15) is 39.5 Å². The second-order valence-electron chi connectivity index (χ2n) is 4.85. The molecule has 0 saturated heterocycles. The van der Waals surface area contributed by atoms with Gasteiger partial charge in [-0.25, -0.2) is 8.42 Å². The molecule has 3 heteroatoms. The first-order chi connectivity index (χ1) is 6.01. The van der Waals surface area contributed by atoms with E-state index in [1.807, 2.05) is 0 Å². The zero-order chi connectivity index (χ0) is 9.64. The van der Waals surface area contributed by atoms with Crippen molar-refractivity contribution in [1.82, 2.24) is 0 Å². The van der Waals surface area contributed by atoms with Crippen molar-refractivity contribution < 1.29 is 8.42 Å². The molecule has 0 aromatic carbocycles. The molecule has 0 heterocycles. The lowest BCUT2D eigenvalue weighted by atomic mass is 10.0. The summed E-state index contributed by atoms with van der Waals surface area (Å²) < 4.78 is 23.8. The van der Waals surface area contributed by atoms with Crippen molar-refractivity contribution in [2.24, 2.45) is 11.8 Å². The minimum absolute atomic E-state index is 0.00579. The Morgan fingerprint density at radius 2 is 1.85 bits per heavy atom. The van der Waals surface area contributed by atoms with Crippen molar-refractivity contribution in [2.75, 3.05) is 0 Å². The van der Waals surface area contributed by atoms with Gasteiger partial charge < -0.3 is 0 Å². The maximum absolute atomic E-state index is 11.9. The molecule has 0 amide bonds. The van der Waals surface area contributed by atoms with Crippen molar-refractivity contribution in [3.63, 3.8) is 0 Å². The largest absolute Gasteiger partial charge is 0.228 e. The second kappa shape index (κ2) is 2.97. The van der Waals surface area contributed by atoms with Crippen LogP contribution >= 0.6 is 0 Å². The molecule has 3 atom stereocenters. The van der Waals surface area contributed by atoms with Crippen molar-refractivity contribution >= 4 is 9.84 Å². The molecular formula is C10H18O2S. The predicted molar refractivity (Wildman–Crippen MR) is 53.3 cm³/mol. The average molecular weight is 202 g/mol. The Morgan fingerprint density at radius 1 is 1.15 bits per heavy atom. The first kappa shape index (κ1) is 9.50. The Hall–Kier alpha value is -0.0500. The number of hydrogen-bond donors (Lipinski definition) is 0. The summed E-state index contributed by atoms with van der Waals surface area (Å²) in [6.07, 6.45) is 4.55. The summed E-state index contributed by atoms with van der Waals surface area (Å²) >= 11 is 0. The van der Waals surface area contributed by atoms with Gasteiger partial charge in [-0.3, -0.25) is 0 Å². The summed E-state index contributed by atoms with van der Waals surface area (Å²) in [5.74, 6) is 1.22. The number of fused-ring (bicyclic) bond motifs is 2. The third-order valence-corrected chi connectivity index (χ3v) is 6.49. The van der Waals surface area contributed by atoms with Crippen LogP contribution in [-0.2, 0) is 9.84 Å². The lowest BCUT2D eigenvalue weighted by molar-refractivity contribution is 0.461. The molecule has 0 aromatic heterocycles. The van der Waals surface area contributed by atoms with Crippen LogP contribution in [0.25, 0.3) is 0 Å². The highest BCUT2D eigenvalue weighted by molar-refractivity contribution is 7.92. The van der Waals surface area contributed by atoms with E-state index in [-0.39, 0.29) is 10.5 Å². The number of hydrogen-bond acceptors (Lipinski definition) is 2. The standard InChI is InChI=1S/C10H18O2S/c1-7(2)13(11,12)10-6-8-3-4-9(10)5-8/h7-10H,3-6H2,1-2H3/t8-,9+,10-/m0/s1. The molecule has 2 bridgehead atoms. The summed E-state index contributed by atoms with van der Waals surface area (Å²) in [5.41, 5.74) is 0. The first-order valence-electron chi connectivity index (χ1n) is 5.24. The maximum Gasteiger partial charge on any atom is 0.155 e. The summed E-state index contributed by atoms with van der Waals surface area (Å²) in [6.45, 7) is 3.61. The van der Waals surface area contributed by atoms with Crippen molar-refractivity contribution in [3.05, 3.63) is 0 Å². The van der Waals surface area contributed by atoms with E-state index in [1.54, 1.807) is 13.8 Å². The third kappa shape index (κ3) is 1.41. The molecule has 2 aliphatic rings. The monoisotopic (exact) mass is 202 g/mol. The van der Waals surface area contributed by atoms with Gasteiger partial charge in [-0.1, -0.05) is 6.42 Å². The molecule has 0 radical (unpaired) electrons. The van der Waals surface area contributed by atoms with Gasteiger partial charge >= 0.3 is 0 Å². The van der Waals surface area contributed by atoms with Crippen molar-refractivity contribution in [3.8, 4) is 0 Å². The minimum Gasteiger partial charge on any atom is -0.228 e.